The monoisotopic (exact) mass is 1140 g/mol. The summed E-state index contributed by atoms with van der Waals surface area (Å²) in [6, 6.07) is 108. The third-order valence-electron chi connectivity index (χ3n) is 18.8. The van der Waals surface area contributed by atoms with E-state index in [0.717, 1.165) is 133 Å². The predicted octanol–water partition coefficient (Wildman–Crippen LogP) is 19.4. The first-order chi connectivity index (χ1) is 43.8. The van der Waals surface area contributed by atoms with Crippen molar-refractivity contribution < 1.29 is 9.59 Å². The predicted molar refractivity (Wildman–Crippen MR) is 366 cm³/mol. The Morgan fingerprint density at radius 3 is 1.01 bits per heavy atom. The fraction of sp³-hybridized carbons (Fsp3) is 0.0120. The molecule has 1 aliphatic rings. The van der Waals surface area contributed by atoms with Gasteiger partial charge in [0.15, 0.2) is 0 Å². The molecule has 0 fully saturated rings. The van der Waals surface area contributed by atoms with Gasteiger partial charge >= 0.3 is 0 Å². The van der Waals surface area contributed by atoms with Crippen molar-refractivity contribution in [2.75, 3.05) is 0 Å². The van der Waals surface area contributed by atoms with Crippen molar-refractivity contribution in [3.63, 3.8) is 0 Å². The Bertz CT molecular complexity index is 5250. The lowest BCUT2D eigenvalue weighted by molar-refractivity contribution is 0.0994. The van der Waals surface area contributed by atoms with Gasteiger partial charge in [-0.05, 0) is 172 Å². The lowest BCUT2D eigenvalue weighted by Gasteiger charge is -2.35. The fourth-order valence-corrected chi connectivity index (χ4v) is 14.8. The number of carbonyl (C=O) groups is 2. The number of para-hydroxylation sites is 4. The molecule has 1 aliphatic carbocycles. The number of carbonyl (C=O) groups excluding carboxylic acids is 2. The summed E-state index contributed by atoms with van der Waals surface area (Å²) in [5.41, 5.74) is 33.7. The first kappa shape index (κ1) is 51.6. The molecule has 0 saturated carbocycles. The van der Waals surface area contributed by atoms with Gasteiger partial charge in [0.05, 0.1) is 38.6 Å². The van der Waals surface area contributed by atoms with Crippen LogP contribution in [-0.2, 0) is 5.41 Å². The molecule has 0 unspecified atom stereocenters. The third-order valence-corrected chi connectivity index (χ3v) is 18.8. The molecule has 0 aliphatic heterocycles. The second-order valence-corrected chi connectivity index (χ2v) is 23.4. The van der Waals surface area contributed by atoms with Gasteiger partial charge in [0.25, 0.3) is 0 Å². The van der Waals surface area contributed by atoms with E-state index in [9.17, 15) is 9.59 Å². The van der Waals surface area contributed by atoms with Gasteiger partial charge < -0.3 is 20.6 Å². The maximum Gasteiger partial charge on any atom is 0.249 e. The Morgan fingerprint density at radius 1 is 0.270 bits per heavy atom. The largest absolute Gasteiger partial charge is 0.366 e. The molecule has 89 heavy (non-hydrogen) atoms. The number of fused-ring (bicyclic) bond motifs is 11. The van der Waals surface area contributed by atoms with Gasteiger partial charge in [0.1, 0.15) is 0 Å². The standard InChI is InChI=1S/C83H54N4O2/c84-81(88)79-63-21-9-7-15-51(63)31-41-65(79)53-27-37-59(38-28-53)83(60-39-29-54(30-40-60)66-42-32-52-16-8-10-22-64(52)80(66)82(85)89)73-49-57(55-35-45-77-71(47-55)69-23-11-13-25-75(69)86(77)61-17-3-1-4-18-61)33-43-67(73)68-44-34-58(50-74(68)83)56-36-46-78-72(48-56)70-24-12-14-26-76(70)87(78)62-19-5-2-6-20-62/h1-50H,(H2,84,88)(H2,85,89). The zero-order valence-electron chi connectivity index (χ0n) is 48.2. The number of rotatable bonds is 10. The topological polar surface area (TPSA) is 96.0 Å². The molecule has 16 aromatic rings. The van der Waals surface area contributed by atoms with Crippen LogP contribution < -0.4 is 11.5 Å². The Balaban J connectivity index is 0.917. The van der Waals surface area contributed by atoms with Crippen LogP contribution in [0.15, 0.2) is 303 Å². The summed E-state index contributed by atoms with van der Waals surface area (Å²) in [7, 11) is 0. The van der Waals surface area contributed by atoms with Gasteiger partial charge in [0.2, 0.25) is 11.8 Å². The average Bonchev–Trinajstić information content (AvgIpc) is 1.57. The molecule has 4 N–H and O–H groups in total. The number of nitrogens with two attached hydrogens (primary N) is 2. The lowest BCUT2D eigenvalue weighted by atomic mass is 9.66. The van der Waals surface area contributed by atoms with Crippen molar-refractivity contribution in [3.05, 3.63) is 337 Å². The average molecular weight is 1140 g/mol. The van der Waals surface area contributed by atoms with Crippen molar-refractivity contribution in [1.29, 1.82) is 0 Å². The van der Waals surface area contributed by atoms with Gasteiger partial charge in [-0.15, -0.1) is 0 Å². The highest BCUT2D eigenvalue weighted by molar-refractivity contribution is 6.15. The fourth-order valence-electron chi connectivity index (χ4n) is 14.8. The number of benzene rings is 14. The molecule has 6 heteroatoms. The number of hydrogen-bond acceptors (Lipinski definition) is 2. The molecule has 2 aromatic heterocycles. The second kappa shape index (κ2) is 20.1. The van der Waals surface area contributed by atoms with Crippen LogP contribution >= 0.6 is 0 Å². The molecule has 0 radical (unpaired) electrons. The molecule has 0 bridgehead atoms. The van der Waals surface area contributed by atoms with E-state index in [1.807, 2.05) is 60.7 Å². The Labute approximate surface area is 513 Å². The Morgan fingerprint density at radius 2 is 0.596 bits per heavy atom. The molecule has 418 valence electrons. The highest BCUT2D eigenvalue weighted by Crippen LogP contribution is 2.58. The molecule has 0 saturated heterocycles. The minimum absolute atomic E-state index is 0.479. The summed E-state index contributed by atoms with van der Waals surface area (Å²) in [5, 5.41) is 8.23. The minimum atomic E-state index is -0.930. The Hall–Kier alpha value is -11.9. The van der Waals surface area contributed by atoms with Crippen LogP contribution in [-0.4, -0.2) is 20.9 Å². The molecule has 6 nitrogen and oxygen atoms in total. The van der Waals surface area contributed by atoms with E-state index < -0.39 is 17.2 Å². The van der Waals surface area contributed by atoms with Crippen molar-refractivity contribution in [3.8, 4) is 67.0 Å². The summed E-state index contributed by atoms with van der Waals surface area (Å²) in [6.07, 6.45) is 0. The van der Waals surface area contributed by atoms with E-state index in [0.29, 0.717) is 11.1 Å². The summed E-state index contributed by atoms with van der Waals surface area (Å²) in [5.74, 6) is -0.958. The smallest absolute Gasteiger partial charge is 0.249 e. The highest BCUT2D eigenvalue weighted by Gasteiger charge is 2.47. The normalized spacial score (nSPS) is 12.5. The zero-order valence-corrected chi connectivity index (χ0v) is 48.2. The van der Waals surface area contributed by atoms with Crippen LogP contribution in [0.1, 0.15) is 43.0 Å². The number of nitrogens with zero attached hydrogens (tertiary/aromatic N) is 2. The second-order valence-electron chi connectivity index (χ2n) is 23.4. The molecule has 0 spiro atoms. The molecule has 0 atom stereocenters. The van der Waals surface area contributed by atoms with Crippen LogP contribution in [0.5, 0.6) is 0 Å². The van der Waals surface area contributed by atoms with Crippen LogP contribution in [0.25, 0.3) is 132 Å². The van der Waals surface area contributed by atoms with Crippen LogP contribution in [0.2, 0.25) is 0 Å². The maximum absolute atomic E-state index is 13.5. The van der Waals surface area contributed by atoms with E-state index in [1.54, 1.807) is 0 Å². The molecular weight excluding hydrogens is 1080 g/mol. The van der Waals surface area contributed by atoms with E-state index in [-0.39, 0.29) is 0 Å². The van der Waals surface area contributed by atoms with Crippen molar-refractivity contribution >= 4 is 77.0 Å². The lowest BCUT2D eigenvalue weighted by Crippen LogP contribution is -2.28. The van der Waals surface area contributed by atoms with E-state index in [4.69, 9.17) is 11.5 Å². The number of primary amides is 2. The molecule has 2 heterocycles. The number of amides is 2. The van der Waals surface area contributed by atoms with E-state index in [1.165, 1.54) is 21.5 Å². The first-order valence-electron chi connectivity index (χ1n) is 30.1. The van der Waals surface area contributed by atoms with Crippen molar-refractivity contribution in [2.45, 2.75) is 5.41 Å². The molecule has 2 amide bonds. The number of aromatic nitrogens is 2. The minimum Gasteiger partial charge on any atom is -0.366 e. The molecular formula is C83H54N4O2. The van der Waals surface area contributed by atoms with Gasteiger partial charge in [-0.25, -0.2) is 0 Å². The summed E-state index contributed by atoms with van der Waals surface area (Å²) >= 11 is 0. The molecule has 17 rings (SSSR count). The third kappa shape index (κ3) is 7.90. The summed E-state index contributed by atoms with van der Waals surface area (Å²) in [4.78, 5) is 27.1. The van der Waals surface area contributed by atoms with Gasteiger partial charge in [-0.1, -0.05) is 231 Å². The van der Waals surface area contributed by atoms with Gasteiger partial charge in [0, 0.05) is 32.9 Å². The first-order valence-corrected chi connectivity index (χ1v) is 30.1. The van der Waals surface area contributed by atoms with Gasteiger partial charge in [-0.2, -0.15) is 0 Å². The van der Waals surface area contributed by atoms with Crippen LogP contribution in [0.4, 0.5) is 0 Å². The maximum atomic E-state index is 13.5. The van der Waals surface area contributed by atoms with E-state index >= 15 is 0 Å². The van der Waals surface area contributed by atoms with E-state index in [2.05, 4.69) is 252 Å². The summed E-state index contributed by atoms with van der Waals surface area (Å²) in [6.45, 7) is 0. The zero-order chi connectivity index (χ0) is 59.5. The van der Waals surface area contributed by atoms with Crippen LogP contribution in [0.3, 0.4) is 0 Å². The SMILES string of the molecule is NC(=O)c1c(-c2ccc(C3(c4ccc(-c5ccc6ccccc6c5C(N)=O)cc4)c4cc(-c5ccc6c(c5)c5ccccc5n6-c5ccccc5)ccc4-c4ccc(-c5ccc6c(c5)c5ccccc5n6-c5ccccc5)cc43)cc2)ccc2ccccc12. The molecule has 14 aromatic carbocycles. The van der Waals surface area contributed by atoms with Crippen molar-refractivity contribution in [2.24, 2.45) is 11.5 Å². The Kier molecular flexibility index (Phi) is 11.7. The number of hydrogen-bond donors (Lipinski definition) is 2. The van der Waals surface area contributed by atoms with Crippen molar-refractivity contribution in [1.82, 2.24) is 9.13 Å². The van der Waals surface area contributed by atoms with Gasteiger partial charge in [-0.3, -0.25) is 9.59 Å². The van der Waals surface area contributed by atoms with Crippen LogP contribution in [0, 0.1) is 0 Å². The highest BCUT2D eigenvalue weighted by atomic mass is 16.1. The quantitative estimate of drug-likeness (QED) is 0.143. The summed E-state index contributed by atoms with van der Waals surface area (Å²) < 4.78 is 4.72.